The van der Waals surface area contributed by atoms with Gasteiger partial charge in [0, 0.05) is 20.3 Å². The Kier molecular flexibility index (Phi) is 10.3. The molecule has 0 atom stereocenters. The smallest absolute Gasteiger partial charge is 0.335 e. The van der Waals surface area contributed by atoms with E-state index in [9.17, 15) is 9.59 Å². The fraction of sp³-hybridized carbons (Fsp3) is 0.263. The van der Waals surface area contributed by atoms with E-state index in [4.69, 9.17) is 36.0 Å². The first-order valence-corrected chi connectivity index (χ1v) is 8.54. The van der Waals surface area contributed by atoms with Crippen LogP contribution in [0, 0.1) is 0 Å². The minimum Gasteiger partial charge on any atom is -0.478 e. The molecule has 0 unspecified atom stereocenters. The number of pyridine rings is 2. The van der Waals surface area contributed by atoms with Crippen molar-refractivity contribution in [1.29, 1.82) is 0 Å². The van der Waals surface area contributed by atoms with Gasteiger partial charge in [0.05, 0.1) is 35.7 Å². The fourth-order valence-electron chi connectivity index (χ4n) is 2.02. The lowest BCUT2D eigenvalue weighted by molar-refractivity contribution is 0.0685. The first kappa shape index (κ1) is 24.0. The van der Waals surface area contributed by atoms with Gasteiger partial charge >= 0.3 is 11.9 Å². The largest absolute Gasteiger partial charge is 0.478 e. The third kappa shape index (κ3) is 8.69. The standard InChI is InChI=1S/C11H13NO4.C8H8ClNO3/c1-3-4-16-10-6-8(11(13)14)5-9(12-10)7-15-2;1-13-4-6-2-5(8(11)12)3-7(9)10-6/h3,5-6H,1,4,7H2,2H3,(H,13,14);2-3H,4H2,1H3,(H,11,12). The van der Waals surface area contributed by atoms with Crippen molar-refractivity contribution in [3.63, 3.8) is 0 Å². The molecule has 2 aromatic heterocycles. The Labute approximate surface area is 172 Å². The van der Waals surface area contributed by atoms with Crippen molar-refractivity contribution in [2.75, 3.05) is 20.8 Å². The SMILES string of the molecule is C=CCOc1cc(C(=O)O)cc(COC)n1.COCc1cc(C(=O)O)cc(Cl)n1. The van der Waals surface area contributed by atoms with E-state index in [1.807, 2.05) is 0 Å². The molecule has 0 saturated heterocycles. The molecule has 0 aromatic carbocycles. The number of carbonyl (C=O) groups is 2. The summed E-state index contributed by atoms with van der Waals surface area (Å²) in [5.74, 6) is -1.79. The summed E-state index contributed by atoms with van der Waals surface area (Å²) in [6, 6.07) is 5.54. The minimum atomic E-state index is -1.03. The predicted molar refractivity (Wildman–Crippen MR) is 105 cm³/mol. The second-order valence-electron chi connectivity index (χ2n) is 5.43. The zero-order chi connectivity index (χ0) is 21.8. The van der Waals surface area contributed by atoms with Crippen LogP contribution in [0.3, 0.4) is 0 Å². The molecule has 0 aliphatic heterocycles. The van der Waals surface area contributed by atoms with Gasteiger partial charge < -0.3 is 24.4 Å². The zero-order valence-electron chi connectivity index (χ0n) is 15.9. The summed E-state index contributed by atoms with van der Waals surface area (Å²) in [7, 11) is 3.02. The molecule has 0 saturated carbocycles. The third-order valence-corrected chi connectivity index (χ3v) is 3.32. The molecule has 0 fully saturated rings. The molecular weight excluding hydrogens is 404 g/mol. The van der Waals surface area contributed by atoms with E-state index in [1.165, 1.54) is 38.5 Å². The Morgan fingerprint density at radius 2 is 1.52 bits per heavy atom. The van der Waals surface area contributed by atoms with Crippen LogP contribution in [0.4, 0.5) is 0 Å². The third-order valence-electron chi connectivity index (χ3n) is 3.13. The van der Waals surface area contributed by atoms with Gasteiger partial charge in [-0.3, -0.25) is 0 Å². The summed E-state index contributed by atoms with van der Waals surface area (Å²) in [5.41, 5.74) is 1.27. The number of nitrogens with zero attached hydrogens (tertiary/aromatic N) is 2. The van der Waals surface area contributed by atoms with Crippen molar-refractivity contribution in [2.45, 2.75) is 13.2 Å². The van der Waals surface area contributed by atoms with Crippen LogP contribution in [0.15, 0.2) is 36.9 Å². The highest BCUT2D eigenvalue weighted by Crippen LogP contribution is 2.14. The Balaban J connectivity index is 0.000000296. The Bertz CT molecular complexity index is 858. The molecule has 0 bridgehead atoms. The lowest BCUT2D eigenvalue weighted by Gasteiger charge is -2.06. The number of hydrogen-bond donors (Lipinski definition) is 2. The first-order chi connectivity index (χ1) is 13.8. The van der Waals surface area contributed by atoms with Crippen molar-refractivity contribution in [2.24, 2.45) is 0 Å². The molecule has 0 aliphatic carbocycles. The molecule has 0 amide bonds. The number of ether oxygens (including phenoxy) is 3. The maximum atomic E-state index is 10.8. The predicted octanol–water partition coefficient (Wildman–Crippen LogP) is 3.07. The Morgan fingerprint density at radius 3 is 2.00 bits per heavy atom. The van der Waals surface area contributed by atoms with Gasteiger partial charge in [-0.15, -0.1) is 0 Å². The molecule has 10 heteroatoms. The lowest BCUT2D eigenvalue weighted by atomic mass is 10.2. The van der Waals surface area contributed by atoms with Crippen LogP contribution in [0.25, 0.3) is 0 Å². The van der Waals surface area contributed by atoms with Gasteiger partial charge in [0.15, 0.2) is 0 Å². The molecule has 2 rings (SSSR count). The average Bonchev–Trinajstić information content (AvgIpc) is 2.66. The summed E-state index contributed by atoms with van der Waals surface area (Å²) in [4.78, 5) is 29.4. The van der Waals surface area contributed by atoms with Gasteiger partial charge in [-0.2, -0.15) is 0 Å². The van der Waals surface area contributed by atoms with Gasteiger partial charge in [-0.05, 0) is 18.2 Å². The number of rotatable bonds is 9. The van der Waals surface area contributed by atoms with Gasteiger partial charge in [0.2, 0.25) is 5.88 Å². The van der Waals surface area contributed by atoms with E-state index in [1.54, 1.807) is 6.08 Å². The van der Waals surface area contributed by atoms with Crippen LogP contribution < -0.4 is 4.74 Å². The van der Waals surface area contributed by atoms with Gasteiger partial charge in [0.25, 0.3) is 0 Å². The number of halogens is 1. The molecule has 2 aromatic rings. The number of hydrogen-bond acceptors (Lipinski definition) is 7. The molecule has 0 radical (unpaired) electrons. The lowest BCUT2D eigenvalue weighted by Crippen LogP contribution is -2.04. The number of carboxylic acids is 2. The number of methoxy groups -OCH3 is 2. The highest BCUT2D eigenvalue weighted by Gasteiger charge is 2.09. The summed E-state index contributed by atoms with van der Waals surface area (Å²) < 4.78 is 14.9. The van der Waals surface area contributed by atoms with Crippen LogP contribution in [-0.2, 0) is 22.7 Å². The van der Waals surface area contributed by atoms with E-state index in [-0.39, 0.29) is 42.0 Å². The number of aromatic nitrogens is 2. The quantitative estimate of drug-likeness (QED) is 0.460. The summed E-state index contributed by atoms with van der Waals surface area (Å²) in [6.07, 6.45) is 1.56. The van der Waals surface area contributed by atoms with Crippen molar-refractivity contribution >= 4 is 23.5 Å². The normalized spacial score (nSPS) is 9.90. The van der Waals surface area contributed by atoms with Crippen LogP contribution in [0.2, 0.25) is 5.15 Å². The van der Waals surface area contributed by atoms with Crippen LogP contribution in [-0.4, -0.2) is 52.9 Å². The summed E-state index contributed by atoms with van der Waals surface area (Å²) >= 11 is 5.60. The maximum Gasteiger partial charge on any atom is 0.335 e. The highest BCUT2D eigenvalue weighted by molar-refractivity contribution is 6.29. The second-order valence-corrected chi connectivity index (χ2v) is 5.82. The van der Waals surface area contributed by atoms with Gasteiger partial charge in [0.1, 0.15) is 11.8 Å². The molecule has 0 spiro atoms. The van der Waals surface area contributed by atoms with E-state index in [2.05, 4.69) is 16.5 Å². The van der Waals surface area contributed by atoms with Crippen molar-refractivity contribution in [3.05, 3.63) is 64.6 Å². The van der Waals surface area contributed by atoms with Crippen LogP contribution >= 0.6 is 11.6 Å². The summed E-state index contributed by atoms with van der Waals surface area (Å²) in [5, 5.41) is 17.7. The van der Waals surface area contributed by atoms with Gasteiger partial charge in [-0.25, -0.2) is 19.6 Å². The van der Waals surface area contributed by atoms with Crippen LogP contribution in [0.1, 0.15) is 32.1 Å². The van der Waals surface area contributed by atoms with E-state index < -0.39 is 11.9 Å². The number of aromatic carboxylic acids is 2. The topological polar surface area (TPSA) is 128 Å². The maximum absolute atomic E-state index is 10.8. The Morgan fingerprint density at radius 1 is 1.00 bits per heavy atom. The monoisotopic (exact) mass is 424 g/mol. The molecule has 0 aliphatic rings. The molecular formula is C19H21ClN2O7. The Hall–Kier alpha value is -3.01. The van der Waals surface area contributed by atoms with Crippen LogP contribution in [0.5, 0.6) is 5.88 Å². The average molecular weight is 425 g/mol. The first-order valence-electron chi connectivity index (χ1n) is 8.16. The minimum absolute atomic E-state index is 0.118. The molecule has 156 valence electrons. The fourth-order valence-corrected chi connectivity index (χ4v) is 2.25. The van der Waals surface area contributed by atoms with Gasteiger partial charge in [-0.1, -0.05) is 24.3 Å². The van der Waals surface area contributed by atoms with Crippen molar-refractivity contribution in [1.82, 2.24) is 9.97 Å². The molecule has 9 nitrogen and oxygen atoms in total. The molecule has 2 heterocycles. The zero-order valence-corrected chi connectivity index (χ0v) is 16.7. The van der Waals surface area contributed by atoms with E-state index >= 15 is 0 Å². The number of carboxylic acid groups (broad SMARTS) is 2. The highest BCUT2D eigenvalue weighted by atomic mass is 35.5. The second kappa shape index (κ2) is 12.4. The molecule has 2 N–H and O–H groups in total. The van der Waals surface area contributed by atoms with E-state index in [0.29, 0.717) is 11.4 Å². The molecule has 29 heavy (non-hydrogen) atoms. The summed E-state index contributed by atoms with van der Waals surface area (Å²) in [6.45, 7) is 4.27. The van der Waals surface area contributed by atoms with Crippen molar-refractivity contribution in [3.8, 4) is 5.88 Å². The van der Waals surface area contributed by atoms with Crippen molar-refractivity contribution < 1.29 is 34.0 Å². The van der Waals surface area contributed by atoms with E-state index in [0.717, 1.165) is 0 Å².